The second kappa shape index (κ2) is 6.54. The average molecular weight is 318 g/mol. The highest BCUT2D eigenvalue weighted by molar-refractivity contribution is 5.95. The highest BCUT2D eigenvalue weighted by Gasteiger charge is 2.38. The lowest BCUT2D eigenvalue weighted by Crippen LogP contribution is -2.30. The van der Waals surface area contributed by atoms with Gasteiger partial charge in [0.15, 0.2) is 0 Å². The molecule has 1 saturated heterocycles. The van der Waals surface area contributed by atoms with Crippen molar-refractivity contribution in [2.24, 2.45) is 7.05 Å². The van der Waals surface area contributed by atoms with Gasteiger partial charge in [-0.1, -0.05) is 12.1 Å². The molecule has 124 valence electrons. The first kappa shape index (κ1) is 15.7. The van der Waals surface area contributed by atoms with Gasteiger partial charge in [-0.25, -0.2) is 0 Å². The number of carbonyl (C=O) groups is 1. The van der Waals surface area contributed by atoms with Crippen LogP contribution in [-0.4, -0.2) is 52.1 Å². The second-order valence-corrected chi connectivity index (χ2v) is 5.92. The summed E-state index contributed by atoms with van der Waals surface area (Å²) in [6.07, 6.45) is 5.10. The molecule has 0 saturated carbocycles. The number of aryl methyl sites for hydroxylation is 2. The lowest BCUT2D eigenvalue weighted by molar-refractivity contribution is 0.0712. The standard InChI is InChI=1S/C16H22N4O3/c1-4-5-14-11(6-7-23-14)16(21)20-8-12(15(10-20)22-3)13-9-19(2)18-17-13/h6-7,9,12,15H,4-5,8,10H2,1-3H3/t12-,15+/m0/s1. The summed E-state index contributed by atoms with van der Waals surface area (Å²) in [5.74, 6) is 0.796. The number of aromatic nitrogens is 3. The van der Waals surface area contributed by atoms with E-state index in [2.05, 4.69) is 17.2 Å². The van der Waals surface area contributed by atoms with Crippen molar-refractivity contribution >= 4 is 5.91 Å². The van der Waals surface area contributed by atoms with E-state index in [9.17, 15) is 4.79 Å². The molecule has 7 nitrogen and oxygen atoms in total. The molecule has 1 fully saturated rings. The molecule has 0 radical (unpaired) electrons. The van der Waals surface area contributed by atoms with Crippen LogP contribution in [0.3, 0.4) is 0 Å². The van der Waals surface area contributed by atoms with Crippen molar-refractivity contribution in [1.82, 2.24) is 19.9 Å². The van der Waals surface area contributed by atoms with Crippen molar-refractivity contribution in [1.29, 1.82) is 0 Å². The lowest BCUT2D eigenvalue weighted by atomic mass is 10.0. The maximum Gasteiger partial charge on any atom is 0.257 e. The zero-order valence-corrected chi connectivity index (χ0v) is 13.7. The first-order chi connectivity index (χ1) is 11.1. The van der Waals surface area contributed by atoms with E-state index in [-0.39, 0.29) is 17.9 Å². The highest BCUT2D eigenvalue weighted by Crippen LogP contribution is 2.29. The fourth-order valence-corrected chi connectivity index (χ4v) is 3.12. The minimum Gasteiger partial charge on any atom is -0.469 e. The van der Waals surface area contributed by atoms with Crippen molar-refractivity contribution in [2.75, 3.05) is 20.2 Å². The van der Waals surface area contributed by atoms with E-state index in [1.165, 1.54) is 0 Å². The first-order valence-corrected chi connectivity index (χ1v) is 7.88. The van der Waals surface area contributed by atoms with Crippen LogP contribution < -0.4 is 0 Å². The van der Waals surface area contributed by atoms with Crippen LogP contribution in [0.15, 0.2) is 22.9 Å². The summed E-state index contributed by atoms with van der Waals surface area (Å²) in [4.78, 5) is 14.6. The molecule has 2 aromatic rings. The molecule has 1 aliphatic heterocycles. The van der Waals surface area contributed by atoms with E-state index in [0.29, 0.717) is 18.7 Å². The third-order valence-electron chi connectivity index (χ3n) is 4.31. The SMILES string of the molecule is CCCc1occc1C(=O)N1C[C@@H](OC)[C@H](c2cn(C)nn2)C1. The molecular weight excluding hydrogens is 296 g/mol. The Labute approximate surface area is 135 Å². The van der Waals surface area contributed by atoms with Gasteiger partial charge in [0.25, 0.3) is 5.91 Å². The fourth-order valence-electron chi connectivity index (χ4n) is 3.12. The van der Waals surface area contributed by atoms with Gasteiger partial charge < -0.3 is 14.1 Å². The molecule has 0 aromatic carbocycles. The zero-order valence-electron chi connectivity index (χ0n) is 13.7. The minimum atomic E-state index is -0.0721. The van der Waals surface area contributed by atoms with Crippen molar-refractivity contribution in [2.45, 2.75) is 31.8 Å². The number of hydrogen-bond donors (Lipinski definition) is 0. The average Bonchev–Trinajstić information content (AvgIpc) is 3.25. The lowest BCUT2D eigenvalue weighted by Gasteiger charge is -2.15. The number of carbonyl (C=O) groups excluding carboxylic acids is 1. The molecule has 0 aliphatic carbocycles. The van der Waals surface area contributed by atoms with Crippen LogP contribution in [0.25, 0.3) is 0 Å². The Kier molecular flexibility index (Phi) is 4.47. The summed E-state index contributed by atoms with van der Waals surface area (Å²) in [5, 5.41) is 8.16. The molecule has 2 aromatic heterocycles. The number of nitrogens with zero attached hydrogens (tertiary/aromatic N) is 4. The number of amides is 1. The Morgan fingerprint density at radius 3 is 2.96 bits per heavy atom. The topological polar surface area (TPSA) is 73.4 Å². The molecular formula is C16H22N4O3. The predicted octanol–water partition coefficient (Wildman–Crippen LogP) is 1.62. The van der Waals surface area contributed by atoms with Gasteiger partial charge in [0, 0.05) is 39.9 Å². The molecule has 0 unspecified atom stereocenters. The monoisotopic (exact) mass is 318 g/mol. The van der Waals surface area contributed by atoms with Crippen LogP contribution in [0, 0.1) is 0 Å². The third-order valence-corrected chi connectivity index (χ3v) is 4.31. The molecule has 3 rings (SSSR count). The predicted molar refractivity (Wildman–Crippen MR) is 83.1 cm³/mol. The summed E-state index contributed by atoms with van der Waals surface area (Å²) < 4.78 is 12.7. The van der Waals surface area contributed by atoms with Crippen molar-refractivity contribution in [3.63, 3.8) is 0 Å². The van der Waals surface area contributed by atoms with Crippen molar-refractivity contribution < 1.29 is 13.9 Å². The third kappa shape index (κ3) is 3.01. The quantitative estimate of drug-likeness (QED) is 0.837. The summed E-state index contributed by atoms with van der Waals surface area (Å²) >= 11 is 0. The van der Waals surface area contributed by atoms with Crippen LogP contribution in [0.5, 0.6) is 0 Å². The molecule has 23 heavy (non-hydrogen) atoms. The van der Waals surface area contributed by atoms with Gasteiger partial charge in [0.1, 0.15) is 5.76 Å². The molecule has 0 bridgehead atoms. The molecule has 2 atom stereocenters. The summed E-state index contributed by atoms with van der Waals surface area (Å²) in [6, 6.07) is 1.75. The maximum atomic E-state index is 12.8. The Morgan fingerprint density at radius 2 is 2.30 bits per heavy atom. The molecule has 0 spiro atoms. The van der Waals surface area contributed by atoms with Gasteiger partial charge in [-0.15, -0.1) is 5.10 Å². The fraction of sp³-hybridized carbons (Fsp3) is 0.562. The Balaban J connectivity index is 1.79. The minimum absolute atomic E-state index is 0.00404. The maximum absolute atomic E-state index is 12.8. The van der Waals surface area contributed by atoms with E-state index in [1.54, 1.807) is 24.1 Å². The van der Waals surface area contributed by atoms with Crippen molar-refractivity contribution in [3.8, 4) is 0 Å². The van der Waals surface area contributed by atoms with Crippen LogP contribution in [0.1, 0.15) is 41.1 Å². The van der Waals surface area contributed by atoms with E-state index < -0.39 is 0 Å². The smallest absolute Gasteiger partial charge is 0.257 e. The molecule has 1 aliphatic rings. The Bertz CT molecular complexity index is 678. The van der Waals surface area contributed by atoms with E-state index in [1.807, 2.05) is 18.1 Å². The zero-order chi connectivity index (χ0) is 16.4. The van der Waals surface area contributed by atoms with Gasteiger partial charge in [0.05, 0.1) is 29.5 Å². The Morgan fingerprint density at radius 1 is 1.48 bits per heavy atom. The number of furan rings is 1. The number of ether oxygens (including phenoxy) is 1. The van der Waals surface area contributed by atoms with Crippen LogP contribution >= 0.6 is 0 Å². The van der Waals surface area contributed by atoms with Gasteiger partial charge in [-0.05, 0) is 12.5 Å². The normalized spacial score (nSPS) is 21.1. The molecule has 1 amide bonds. The summed E-state index contributed by atoms with van der Waals surface area (Å²) in [5.41, 5.74) is 1.51. The van der Waals surface area contributed by atoms with E-state index in [4.69, 9.17) is 9.15 Å². The van der Waals surface area contributed by atoms with Crippen LogP contribution in [-0.2, 0) is 18.2 Å². The van der Waals surface area contributed by atoms with Crippen LogP contribution in [0.4, 0.5) is 0 Å². The summed E-state index contributed by atoms with van der Waals surface area (Å²) in [6.45, 7) is 3.19. The molecule has 3 heterocycles. The summed E-state index contributed by atoms with van der Waals surface area (Å²) in [7, 11) is 3.50. The largest absolute Gasteiger partial charge is 0.469 e. The molecule has 7 heteroatoms. The molecule has 0 N–H and O–H groups in total. The number of likely N-dealkylation sites (tertiary alicyclic amines) is 1. The first-order valence-electron chi connectivity index (χ1n) is 7.88. The van der Waals surface area contributed by atoms with Gasteiger partial charge >= 0.3 is 0 Å². The Hall–Kier alpha value is -2.15. The van der Waals surface area contributed by atoms with Gasteiger partial charge in [-0.3, -0.25) is 9.48 Å². The van der Waals surface area contributed by atoms with Gasteiger partial charge in [-0.2, -0.15) is 0 Å². The van der Waals surface area contributed by atoms with Crippen LogP contribution in [0.2, 0.25) is 0 Å². The number of rotatable bonds is 5. The number of hydrogen-bond acceptors (Lipinski definition) is 5. The van der Waals surface area contributed by atoms with E-state index in [0.717, 1.165) is 24.3 Å². The second-order valence-electron chi connectivity index (χ2n) is 5.92. The van der Waals surface area contributed by atoms with Crippen molar-refractivity contribution in [3.05, 3.63) is 35.5 Å². The highest BCUT2D eigenvalue weighted by atomic mass is 16.5. The van der Waals surface area contributed by atoms with E-state index >= 15 is 0 Å². The van der Waals surface area contributed by atoms with Gasteiger partial charge in [0.2, 0.25) is 0 Å². The number of methoxy groups -OCH3 is 1.